The van der Waals surface area contributed by atoms with E-state index in [2.05, 4.69) is 5.10 Å². The van der Waals surface area contributed by atoms with Gasteiger partial charge in [-0.25, -0.2) is 0 Å². The van der Waals surface area contributed by atoms with Gasteiger partial charge in [-0.15, -0.1) is 0 Å². The molecule has 0 radical (unpaired) electrons. The molecule has 0 atom stereocenters. The van der Waals surface area contributed by atoms with Gasteiger partial charge in [0.05, 0.1) is 11.3 Å². The largest absolute Gasteiger partial charge is 0.486 e. The fourth-order valence-electron chi connectivity index (χ4n) is 2.16. The van der Waals surface area contributed by atoms with Crippen LogP contribution in [0.2, 0.25) is 5.02 Å². The number of halogens is 1. The van der Waals surface area contributed by atoms with Crippen LogP contribution in [0.1, 0.15) is 5.56 Å². The number of fused-ring (bicyclic) bond motifs is 1. The third-order valence-corrected chi connectivity index (χ3v) is 3.59. The van der Waals surface area contributed by atoms with Gasteiger partial charge in [-0.2, -0.15) is 5.10 Å². The van der Waals surface area contributed by atoms with Crippen LogP contribution in [-0.2, 0) is 7.05 Å². The molecular weight excluding hydrogens is 266 g/mol. The van der Waals surface area contributed by atoms with Gasteiger partial charge in [0.15, 0.2) is 11.5 Å². The molecule has 3 rings (SSSR count). The summed E-state index contributed by atoms with van der Waals surface area (Å²) < 4.78 is 12.9. The quantitative estimate of drug-likeness (QED) is 0.871. The zero-order valence-corrected chi connectivity index (χ0v) is 11.5. The first-order chi connectivity index (χ1) is 9.08. The lowest BCUT2D eigenvalue weighted by Crippen LogP contribution is -2.16. The normalized spacial score (nSPS) is 13.6. The number of nitrogens with zero attached hydrogens (tertiary/aromatic N) is 2. The van der Waals surface area contributed by atoms with E-state index in [9.17, 15) is 0 Å². The maximum atomic E-state index is 6.25. The van der Waals surface area contributed by atoms with Gasteiger partial charge in [0.1, 0.15) is 19.0 Å². The third kappa shape index (κ3) is 1.90. The van der Waals surface area contributed by atoms with Crippen LogP contribution in [-0.4, -0.2) is 23.0 Å². The van der Waals surface area contributed by atoms with Crippen molar-refractivity contribution in [2.45, 2.75) is 6.92 Å². The van der Waals surface area contributed by atoms with E-state index in [0.29, 0.717) is 35.6 Å². The molecule has 0 fully saturated rings. The topological polar surface area (TPSA) is 62.3 Å². The molecule has 0 saturated carbocycles. The van der Waals surface area contributed by atoms with E-state index in [0.717, 1.165) is 16.8 Å². The van der Waals surface area contributed by atoms with Crippen LogP contribution in [0.15, 0.2) is 12.1 Å². The number of aryl methyl sites for hydroxylation is 1. The van der Waals surface area contributed by atoms with Crippen molar-refractivity contribution in [2.75, 3.05) is 18.9 Å². The van der Waals surface area contributed by atoms with Crippen LogP contribution in [0, 0.1) is 6.92 Å². The van der Waals surface area contributed by atoms with Crippen LogP contribution in [0.5, 0.6) is 11.5 Å². The maximum Gasteiger partial charge on any atom is 0.171 e. The molecule has 1 aliphatic heterocycles. The van der Waals surface area contributed by atoms with Crippen molar-refractivity contribution < 1.29 is 9.47 Å². The Balaban J connectivity index is 2.26. The number of nitrogen functional groups attached to an aromatic ring is 1. The Morgan fingerprint density at radius 2 is 2.05 bits per heavy atom. The number of hydrogen-bond donors (Lipinski definition) is 1. The number of benzene rings is 1. The number of anilines is 1. The van der Waals surface area contributed by atoms with Gasteiger partial charge in [-0.3, -0.25) is 4.68 Å². The van der Waals surface area contributed by atoms with E-state index in [4.69, 9.17) is 26.8 Å². The number of ether oxygens (including phenoxy) is 2. The van der Waals surface area contributed by atoms with Crippen molar-refractivity contribution >= 4 is 17.4 Å². The number of aromatic nitrogens is 2. The van der Waals surface area contributed by atoms with Crippen molar-refractivity contribution in [1.82, 2.24) is 9.78 Å². The van der Waals surface area contributed by atoms with Crippen molar-refractivity contribution in [1.29, 1.82) is 0 Å². The van der Waals surface area contributed by atoms with Crippen molar-refractivity contribution in [3.05, 3.63) is 22.7 Å². The highest BCUT2D eigenvalue weighted by atomic mass is 35.5. The fraction of sp³-hybridized carbons (Fsp3) is 0.308. The molecule has 0 spiro atoms. The molecule has 100 valence electrons. The number of rotatable bonds is 1. The fourth-order valence-corrected chi connectivity index (χ4v) is 2.35. The second-order valence-electron chi connectivity index (χ2n) is 4.46. The lowest BCUT2D eigenvalue weighted by molar-refractivity contribution is 0.172. The summed E-state index contributed by atoms with van der Waals surface area (Å²) in [6.45, 7) is 2.97. The monoisotopic (exact) mass is 279 g/mol. The number of nitrogens with two attached hydrogens (primary N) is 1. The molecular formula is C13H14ClN3O2. The van der Waals surface area contributed by atoms with Gasteiger partial charge in [-0.05, 0) is 12.5 Å². The summed E-state index contributed by atoms with van der Waals surface area (Å²) in [4.78, 5) is 0. The van der Waals surface area contributed by atoms with Crippen LogP contribution < -0.4 is 15.2 Å². The van der Waals surface area contributed by atoms with Crippen LogP contribution in [0.25, 0.3) is 11.3 Å². The molecule has 0 unspecified atom stereocenters. The Bertz CT molecular complexity index is 632. The van der Waals surface area contributed by atoms with Gasteiger partial charge < -0.3 is 15.2 Å². The molecule has 0 amide bonds. The predicted octanol–water partition coefficient (Wildman–Crippen LogP) is 2.40. The first-order valence-electron chi connectivity index (χ1n) is 5.96. The molecule has 1 aliphatic rings. The molecule has 0 aliphatic carbocycles. The SMILES string of the molecule is Cc1c(Cl)cc2c(c1-c1cc(N)n(C)n1)OCCO2. The molecule has 1 aromatic carbocycles. The van der Waals surface area contributed by atoms with E-state index in [1.165, 1.54) is 0 Å². The number of hydrogen-bond acceptors (Lipinski definition) is 4. The van der Waals surface area contributed by atoms with Crippen LogP contribution in [0.4, 0.5) is 5.82 Å². The van der Waals surface area contributed by atoms with E-state index < -0.39 is 0 Å². The lowest BCUT2D eigenvalue weighted by Gasteiger charge is -2.22. The summed E-state index contributed by atoms with van der Waals surface area (Å²) in [7, 11) is 1.79. The first kappa shape index (κ1) is 12.2. The van der Waals surface area contributed by atoms with Crippen molar-refractivity contribution in [2.24, 2.45) is 7.05 Å². The molecule has 2 heterocycles. The van der Waals surface area contributed by atoms with Gasteiger partial charge in [0.2, 0.25) is 0 Å². The minimum Gasteiger partial charge on any atom is -0.486 e. The summed E-state index contributed by atoms with van der Waals surface area (Å²) in [6, 6.07) is 3.58. The first-order valence-corrected chi connectivity index (χ1v) is 6.34. The molecule has 5 nitrogen and oxygen atoms in total. The van der Waals surface area contributed by atoms with Crippen LogP contribution in [0.3, 0.4) is 0 Å². The lowest BCUT2D eigenvalue weighted by atomic mass is 10.0. The highest BCUT2D eigenvalue weighted by Gasteiger charge is 2.23. The summed E-state index contributed by atoms with van der Waals surface area (Å²) in [5, 5.41) is 5.02. The van der Waals surface area contributed by atoms with Crippen LogP contribution >= 0.6 is 11.6 Å². The minimum absolute atomic E-state index is 0.517. The van der Waals surface area contributed by atoms with E-state index in [1.807, 2.05) is 6.92 Å². The van der Waals surface area contributed by atoms with Crippen molar-refractivity contribution in [3.63, 3.8) is 0 Å². The predicted molar refractivity (Wildman–Crippen MR) is 73.8 cm³/mol. The molecule has 6 heteroatoms. The summed E-state index contributed by atoms with van der Waals surface area (Å²) >= 11 is 6.25. The van der Waals surface area contributed by atoms with Crippen molar-refractivity contribution in [3.8, 4) is 22.8 Å². The average Bonchev–Trinajstić information content (AvgIpc) is 2.71. The summed E-state index contributed by atoms with van der Waals surface area (Å²) in [5.41, 5.74) is 8.32. The average molecular weight is 280 g/mol. The second kappa shape index (κ2) is 4.35. The van der Waals surface area contributed by atoms with E-state index in [1.54, 1.807) is 23.9 Å². The summed E-state index contributed by atoms with van der Waals surface area (Å²) in [5.74, 6) is 1.92. The Labute approximate surface area is 115 Å². The highest BCUT2D eigenvalue weighted by molar-refractivity contribution is 6.32. The van der Waals surface area contributed by atoms with Gasteiger partial charge >= 0.3 is 0 Å². The van der Waals surface area contributed by atoms with E-state index >= 15 is 0 Å². The smallest absolute Gasteiger partial charge is 0.171 e. The maximum absolute atomic E-state index is 6.25. The second-order valence-corrected chi connectivity index (χ2v) is 4.87. The van der Waals surface area contributed by atoms with Gasteiger partial charge in [0, 0.05) is 24.2 Å². The van der Waals surface area contributed by atoms with Gasteiger partial charge in [0.25, 0.3) is 0 Å². The molecule has 0 saturated heterocycles. The van der Waals surface area contributed by atoms with E-state index in [-0.39, 0.29) is 0 Å². The molecule has 19 heavy (non-hydrogen) atoms. The highest BCUT2D eigenvalue weighted by Crippen LogP contribution is 2.45. The Morgan fingerprint density at radius 3 is 2.74 bits per heavy atom. The Kier molecular flexibility index (Phi) is 2.78. The third-order valence-electron chi connectivity index (χ3n) is 3.20. The zero-order valence-electron chi connectivity index (χ0n) is 10.7. The molecule has 2 aromatic rings. The standard InChI is InChI=1S/C13H14ClN3O2/c1-7-8(14)5-10-13(19-4-3-18-10)12(7)9-6-11(15)17(2)16-9/h5-6H,3-4,15H2,1-2H3. The molecule has 1 aromatic heterocycles. The minimum atomic E-state index is 0.517. The Morgan fingerprint density at radius 1 is 1.32 bits per heavy atom. The molecule has 2 N–H and O–H groups in total. The zero-order chi connectivity index (χ0) is 13.6. The molecule has 0 bridgehead atoms. The summed E-state index contributed by atoms with van der Waals surface area (Å²) in [6.07, 6.45) is 0. The Hall–Kier alpha value is -1.88. The van der Waals surface area contributed by atoms with Gasteiger partial charge in [-0.1, -0.05) is 11.6 Å².